The molecule has 0 saturated carbocycles. The predicted octanol–water partition coefficient (Wildman–Crippen LogP) is 2.39. The third-order valence-corrected chi connectivity index (χ3v) is 2.25. The van der Waals surface area contributed by atoms with Crippen LogP contribution in [-0.2, 0) is 0 Å². The molecule has 0 aliphatic carbocycles. The SMILES string of the molecule is CO.c1ccc2nc3ccccc3nc2c1. The largest absolute Gasteiger partial charge is 0.400 e. The maximum atomic E-state index is 7.00. The number of rotatable bonds is 0. The monoisotopic (exact) mass is 212 g/mol. The number of aromatic nitrogens is 2. The summed E-state index contributed by atoms with van der Waals surface area (Å²) in [4.78, 5) is 9.03. The van der Waals surface area contributed by atoms with Gasteiger partial charge in [0.2, 0.25) is 0 Å². The minimum absolute atomic E-state index is 0.950. The zero-order valence-corrected chi connectivity index (χ0v) is 8.96. The molecule has 3 heteroatoms. The van der Waals surface area contributed by atoms with Crippen molar-refractivity contribution in [3.63, 3.8) is 0 Å². The van der Waals surface area contributed by atoms with Crippen LogP contribution in [-0.4, -0.2) is 22.2 Å². The lowest BCUT2D eigenvalue weighted by Crippen LogP contribution is -1.85. The Morgan fingerprint density at radius 3 is 1.12 bits per heavy atom. The van der Waals surface area contributed by atoms with E-state index in [0.29, 0.717) is 0 Å². The number of aliphatic hydroxyl groups is 1. The van der Waals surface area contributed by atoms with Gasteiger partial charge in [-0.05, 0) is 24.3 Å². The molecule has 2 aromatic carbocycles. The van der Waals surface area contributed by atoms with Gasteiger partial charge >= 0.3 is 0 Å². The van der Waals surface area contributed by atoms with Gasteiger partial charge in [0.1, 0.15) is 0 Å². The third kappa shape index (κ3) is 1.85. The summed E-state index contributed by atoms with van der Waals surface area (Å²) in [6.45, 7) is 0. The quantitative estimate of drug-likeness (QED) is 0.582. The molecule has 1 aromatic heterocycles. The molecule has 0 unspecified atom stereocenters. The number of hydrogen-bond acceptors (Lipinski definition) is 3. The first-order chi connectivity index (χ1) is 7.93. The van der Waals surface area contributed by atoms with Gasteiger partial charge < -0.3 is 5.11 Å². The van der Waals surface area contributed by atoms with E-state index in [1.165, 1.54) is 0 Å². The molecule has 0 amide bonds. The Balaban J connectivity index is 0.000000457. The highest BCUT2D eigenvalue weighted by Gasteiger charge is 1.98. The molecule has 3 rings (SSSR count). The summed E-state index contributed by atoms with van der Waals surface area (Å²) in [5.41, 5.74) is 3.80. The summed E-state index contributed by atoms with van der Waals surface area (Å²) in [7, 11) is 1.00. The van der Waals surface area contributed by atoms with Crippen molar-refractivity contribution in [2.24, 2.45) is 0 Å². The lowest BCUT2D eigenvalue weighted by atomic mass is 10.2. The Labute approximate surface area is 93.4 Å². The smallest absolute Gasteiger partial charge is 0.0894 e. The average Bonchev–Trinajstić information content (AvgIpc) is 2.38. The molecule has 0 fully saturated rings. The number of para-hydroxylation sites is 4. The van der Waals surface area contributed by atoms with Crippen molar-refractivity contribution in [2.45, 2.75) is 0 Å². The zero-order chi connectivity index (χ0) is 11.4. The van der Waals surface area contributed by atoms with Crippen LogP contribution in [0.4, 0.5) is 0 Å². The summed E-state index contributed by atoms with van der Waals surface area (Å²) in [5.74, 6) is 0. The molecule has 1 heterocycles. The van der Waals surface area contributed by atoms with Crippen molar-refractivity contribution in [2.75, 3.05) is 7.11 Å². The molecule has 1 N–H and O–H groups in total. The van der Waals surface area contributed by atoms with Gasteiger partial charge in [0.05, 0.1) is 22.1 Å². The maximum absolute atomic E-state index is 7.00. The highest BCUT2D eigenvalue weighted by molar-refractivity contribution is 5.85. The second-order valence-corrected chi connectivity index (χ2v) is 3.20. The van der Waals surface area contributed by atoms with E-state index in [2.05, 4.69) is 9.97 Å². The molecule has 0 saturated heterocycles. The molecule has 0 aliphatic rings. The van der Waals surface area contributed by atoms with E-state index >= 15 is 0 Å². The van der Waals surface area contributed by atoms with E-state index in [1.54, 1.807) is 0 Å². The summed E-state index contributed by atoms with van der Waals surface area (Å²) >= 11 is 0. The van der Waals surface area contributed by atoms with E-state index in [9.17, 15) is 0 Å². The third-order valence-electron chi connectivity index (χ3n) is 2.25. The van der Waals surface area contributed by atoms with Gasteiger partial charge in [-0.1, -0.05) is 24.3 Å². The summed E-state index contributed by atoms with van der Waals surface area (Å²) in [6, 6.07) is 15.8. The highest BCUT2D eigenvalue weighted by atomic mass is 16.2. The van der Waals surface area contributed by atoms with Gasteiger partial charge in [0, 0.05) is 7.11 Å². The van der Waals surface area contributed by atoms with E-state index in [0.717, 1.165) is 29.2 Å². The molecule has 0 spiro atoms. The van der Waals surface area contributed by atoms with Crippen LogP contribution in [0.2, 0.25) is 0 Å². The van der Waals surface area contributed by atoms with Crippen LogP contribution >= 0.6 is 0 Å². The van der Waals surface area contributed by atoms with E-state index in [-0.39, 0.29) is 0 Å². The Hall–Kier alpha value is -2.00. The van der Waals surface area contributed by atoms with Crippen LogP contribution in [0, 0.1) is 0 Å². The second kappa shape index (κ2) is 4.68. The first-order valence-electron chi connectivity index (χ1n) is 5.00. The molecule has 0 radical (unpaired) electrons. The second-order valence-electron chi connectivity index (χ2n) is 3.20. The number of fused-ring (bicyclic) bond motifs is 2. The van der Waals surface area contributed by atoms with E-state index in [4.69, 9.17) is 5.11 Å². The van der Waals surface area contributed by atoms with Crippen molar-refractivity contribution in [1.82, 2.24) is 9.97 Å². The molecule has 0 aliphatic heterocycles. The summed E-state index contributed by atoms with van der Waals surface area (Å²) in [5, 5.41) is 7.00. The molecule has 0 bridgehead atoms. The number of hydrogen-bond donors (Lipinski definition) is 1. The molecule has 3 aromatic rings. The number of aliphatic hydroxyl groups excluding tert-OH is 1. The molecule has 0 atom stereocenters. The fourth-order valence-electron chi connectivity index (χ4n) is 1.57. The molecule has 80 valence electrons. The lowest BCUT2D eigenvalue weighted by Gasteiger charge is -1.98. The zero-order valence-electron chi connectivity index (χ0n) is 8.96. The first kappa shape index (κ1) is 10.5. The number of nitrogens with zero attached hydrogens (tertiary/aromatic N) is 2. The van der Waals surface area contributed by atoms with Crippen LogP contribution in [0.5, 0.6) is 0 Å². The van der Waals surface area contributed by atoms with Crippen LogP contribution in [0.15, 0.2) is 48.5 Å². The van der Waals surface area contributed by atoms with Gasteiger partial charge in [-0.2, -0.15) is 0 Å². The van der Waals surface area contributed by atoms with Crippen molar-refractivity contribution < 1.29 is 5.11 Å². The van der Waals surface area contributed by atoms with Gasteiger partial charge in [-0.25, -0.2) is 9.97 Å². The van der Waals surface area contributed by atoms with Gasteiger partial charge in [-0.15, -0.1) is 0 Å². The normalized spacial score (nSPS) is 9.88. The van der Waals surface area contributed by atoms with Gasteiger partial charge in [0.25, 0.3) is 0 Å². The van der Waals surface area contributed by atoms with Gasteiger partial charge in [-0.3, -0.25) is 0 Å². The molecular weight excluding hydrogens is 200 g/mol. The first-order valence-corrected chi connectivity index (χ1v) is 5.00. The molecular formula is C13H12N2O. The Morgan fingerprint density at radius 2 is 0.875 bits per heavy atom. The predicted molar refractivity (Wildman–Crippen MR) is 65.2 cm³/mol. The van der Waals surface area contributed by atoms with E-state index < -0.39 is 0 Å². The number of benzene rings is 2. The fraction of sp³-hybridized carbons (Fsp3) is 0.0769. The molecule has 3 nitrogen and oxygen atoms in total. The van der Waals surface area contributed by atoms with Crippen molar-refractivity contribution in [3.05, 3.63) is 48.5 Å². The maximum Gasteiger partial charge on any atom is 0.0894 e. The molecule has 16 heavy (non-hydrogen) atoms. The standard InChI is InChI=1S/C12H8N2.CH4O/c1-2-6-10-9(5-1)13-11-7-3-4-8-12(11)14-10;1-2/h1-8H;2H,1H3. The fourth-order valence-corrected chi connectivity index (χ4v) is 1.57. The Morgan fingerprint density at radius 1 is 0.625 bits per heavy atom. The summed E-state index contributed by atoms with van der Waals surface area (Å²) < 4.78 is 0. The minimum Gasteiger partial charge on any atom is -0.400 e. The van der Waals surface area contributed by atoms with Crippen molar-refractivity contribution in [1.29, 1.82) is 0 Å². The minimum atomic E-state index is 0.950. The van der Waals surface area contributed by atoms with Crippen LogP contribution in [0.25, 0.3) is 22.1 Å². The van der Waals surface area contributed by atoms with Crippen molar-refractivity contribution in [3.8, 4) is 0 Å². The Bertz CT molecular complexity index is 503. The topological polar surface area (TPSA) is 46.0 Å². The van der Waals surface area contributed by atoms with Gasteiger partial charge in [0.15, 0.2) is 0 Å². The summed E-state index contributed by atoms with van der Waals surface area (Å²) in [6.07, 6.45) is 0. The van der Waals surface area contributed by atoms with Crippen LogP contribution in [0.3, 0.4) is 0 Å². The average molecular weight is 212 g/mol. The Kier molecular flexibility index (Phi) is 3.08. The highest BCUT2D eigenvalue weighted by Crippen LogP contribution is 2.14. The van der Waals surface area contributed by atoms with Crippen molar-refractivity contribution >= 4 is 22.1 Å². The lowest BCUT2D eigenvalue weighted by molar-refractivity contribution is 0.399. The van der Waals surface area contributed by atoms with Crippen LogP contribution < -0.4 is 0 Å². The van der Waals surface area contributed by atoms with Crippen LogP contribution in [0.1, 0.15) is 0 Å². The van der Waals surface area contributed by atoms with E-state index in [1.807, 2.05) is 48.5 Å².